The molecule has 1 rings (SSSR count). The maximum atomic E-state index is 5.99. The van der Waals surface area contributed by atoms with Gasteiger partial charge in [0.2, 0.25) is 0 Å². The Hall–Kier alpha value is -1.10. The van der Waals surface area contributed by atoms with Crippen molar-refractivity contribution in [3.05, 3.63) is 29.8 Å². The zero-order valence-electron chi connectivity index (χ0n) is 10.5. The molecule has 0 saturated carbocycles. The van der Waals surface area contributed by atoms with Gasteiger partial charge in [-0.3, -0.25) is 0 Å². The Balaban J connectivity index is 2.28. The molecule has 17 heavy (non-hydrogen) atoms. The SMILES string of the molecule is CCOCCOCC(N)c1ccc(OC)cc1. The third-order valence-electron chi connectivity index (χ3n) is 2.42. The molecular formula is C13H21NO3. The van der Waals surface area contributed by atoms with Gasteiger partial charge in [0, 0.05) is 6.61 Å². The van der Waals surface area contributed by atoms with Crippen LogP contribution in [0.3, 0.4) is 0 Å². The van der Waals surface area contributed by atoms with E-state index in [0.717, 1.165) is 11.3 Å². The van der Waals surface area contributed by atoms with Crippen molar-refractivity contribution in [1.82, 2.24) is 0 Å². The van der Waals surface area contributed by atoms with Crippen molar-refractivity contribution >= 4 is 0 Å². The third-order valence-corrected chi connectivity index (χ3v) is 2.42. The summed E-state index contributed by atoms with van der Waals surface area (Å²) in [4.78, 5) is 0. The first-order valence-corrected chi connectivity index (χ1v) is 5.83. The summed E-state index contributed by atoms with van der Waals surface area (Å²) in [5.74, 6) is 0.832. The van der Waals surface area contributed by atoms with Crippen molar-refractivity contribution < 1.29 is 14.2 Å². The number of hydrogen-bond acceptors (Lipinski definition) is 4. The number of hydrogen-bond donors (Lipinski definition) is 1. The monoisotopic (exact) mass is 239 g/mol. The molecule has 0 aromatic heterocycles. The van der Waals surface area contributed by atoms with E-state index in [-0.39, 0.29) is 6.04 Å². The Labute approximate surface area is 103 Å². The van der Waals surface area contributed by atoms with Crippen LogP contribution in [0.25, 0.3) is 0 Å². The quantitative estimate of drug-likeness (QED) is 0.702. The van der Waals surface area contributed by atoms with Crippen LogP contribution in [-0.2, 0) is 9.47 Å². The van der Waals surface area contributed by atoms with Gasteiger partial charge >= 0.3 is 0 Å². The van der Waals surface area contributed by atoms with E-state index in [0.29, 0.717) is 26.4 Å². The maximum absolute atomic E-state index is 5.99. The second-order valence-corrected chi connectivity index (χ2v) is 3.65. The lowest BCUT2D eigenvalue weighted by molar-refractivity contribution is 0.0473. The van der Waals surface area contributed by atoms with Crippen LogP contribution >= 0.6 is 0 Å². The first-order valence-electron chi connectivity index (χ1n) is 5.83. The van der Waals surface area contributed by atoms with Gasteiger partial charge in [-0.05, 0) is 24.6 Å². The lowest BCUT2D eigenvalue weighted by atomic mass is 10.1. The summed E-state index contributed by atoms with van der Waals surface area (Å²) in [6, 6.07) is 7.60. The number of methoxy groups -OCH3 is 1. The molecule has 1 aromatic rings. The summed E-state index contributed by atoms with van der Waals surface area (Å²) in [5.41, 5.74) is 7.04. The van der Waals surface area contributed by atoms with Gasteiger partial charge in [0.05, 0.1) is 33.0 Å². The van der Waals surface area contributed by atoms with Crippen LogP contribution < -0.4 is 10.5 Å². The molecule has 0 heterocycles. The van der Waals surface area contributed by atoms with Crippen LogP contribution in [0.4, 0.5) is 0 Å². The van der Waals surface area contributed by atoms with Gasteiger partial charge in [-0.25, -0.2) is 0 Å². The lowest BCUT2D eigenvalue weighted by Gasteiger charge is -2.13. The van der Waals surface area contributed by atoms with Crippen molar-refractivity contribution in [3.63, 3.8) is 0 Å². The molecule has 0 fully saturated rings. The van der Waals surface area contributed by atoms with E-state index in [2.05, 4.69) is 0 Å². The molecule has 0 saturated heterocycles. The van der Waals surface area contributed by atoms with Crippen molar-refractivity contribution in [2.24, 2.45) is 5.73 Å². The van der Waals surface area contributed by atoms with Crippen molar-refractivity contribution in [3.8, 4) is 5.75 Å². The molecule has 96 valence electrons. The van der Waals surface area contributed by atoms with Crippen LogP contribution in [0.5, 0.6) is 5.75 Å². The minimum atomic E-state index is -0.109. The summed E-state index contributed by atoms with van der Waals surface area (Å²) in [6.45, 7) is 4.37. The van der Waals surface area contributed by atoms with Crippen molar-refractivity contribution in [2.75, 3.05) is 33.5 Å². The third kappa shape index (κ3) is 5.17. The molecule has 0 aliphatic heterocycles. The van der Waals surface area contributed by atoms with E-state index in [4.69, 9.17) is 19.9 Å². The Morgan fingerprint density at radius 3 is 2.35 bits per heavy atom. The average Bonchev–Trinajstić information content (AvgIpc) is 2.38. The highest BCUT2D eigenvalue weighted by atomic mass is 16.5. The van der Waals surface area contributed by atoms with E-state index in [1.165, 1.54) is 0 Å². The summed E-state index contributed by atoms with van der Waals surface area (Å²) in [5, 5.41) is 0. The fraction of sp³-hybridized carbons (Fsp3) is 0.538. The number of rotatable bonds is 8. The molecule has 4 heteroatoms. The molecule has 0 bridgehead atoms. The summed E-state index contributed by atoms with van der Waals surface area (Å²) < 4.78 is 15.7. The Morgan fingerprint density at radius 2 is 1.76 bits per heavy atom. The van der Waals surface area contributed by atoms with E-state index in [1.807, 2.05) is 31.2 Å². The molecule has 4 nitrogen and oxygen atoms in total. The highest BCUT2D eigenvalue weighted by Gasteiger charge is 2.05. The second-order valence-electron chi connectivity index (χ2n) is 3.65. The zero-order chi connectivity index (χ0) is 12.5. The highest BCUT2D eigenvalue weighted by molar-refractivity contribution is 5.28. The minimum Gasteiger partial charge on any atom is -0.497 e. The topological polar surface area (TPSA) is 53.7 Å². The van der Waals surface area contributed by atoms with Crippen LogP contribution in [0.1, 0.15) is 18.5 Å². The fourth-order valence-corrected chi connectivity index (χ4v) is 1.42. The Morgan fingerprint density at radius 1 is 1.12 bits per heavy atom. The van der Waals surface area contributed by atoms with Crippen LogP contribution in [0.2, 0.25) is 0 Å². The van der Waals surface area contributed by atoms with Crippen LogP contribution in [0.15, 0.2) is 24.3 Å². The van der Waals surface area contributed by atoms with Crippen LogP contribution in [0, 0.1) is 0 Å². The molecule has 0 spiro atoms. The van der Waals surface area contributed by atoms with Gasteiger partial charge in [0.25, 0.3) is 0 Å². The summed E-state index contributed by atoms with van der Waals surface area (Å²) in [6.07, 6.45) is 0. The normalized spacial score (nSPS) is 12.4. The van der Waals surface area contributed by atoms with Gasteiger partial charge in [0.1, 0.15) is 5.75 Å². The molecule has 1 aromatic carbocycles. The van der Waals surface area contributed by atoms with Gasteiger partial charge in [-0.1, -0.05) is 12.1 Å². The predicted molar refractivity (Wildman–Crippen MR) is 67.2 cm³/mol. The molecule has 0 amide bonds. The lowest BCUT2D eigenvalue weighted by Crippen LogP contribution is -2.18. The first-order chi connectivity index (χ1) is 8.27. The number of ether oxygens (including phenoxy) is 3. The fourth-order valence-electron chi connectivity index (χ4n) is 1.42. The first kappa shape index (κ1) is 14.0. The Kier molecular flexibility index (Phi) is 6.62. The van der Waals surface area contributed by atoms with E-state index >= 15 is 0 Å². The van der Waals surface area contributed by atoms with Gasteiger partial charge in [-0.15, -0.1) is 0 Å². The highest BCUT2D eigenvalue weighted by Crippen LogP contribution is 2.16. The molecule has 0 radical (unpaired) electrons. The van der Waals surface area contributed by atoms with Gasteiger partial charge in [-0.2, -0.15) is 0 Å². The molecule has 1 atom stereocenters. The van der Waals surface area contributed by atoms with Gasteiger partial charge < -0.3 is 19.9 Å². The van der Waals surface area contributed by atoms with E-state index in [9.17, 15) is 0 Å². The molecule has 0 aliphatic rings. The van der Waals surface area contributed by atoms with Crippen molar-refractivity contribution in [2.45, 2.75) is 13.0 Å². The number of benzene rings is 1. The summed E-state index contributed by atoms with van der Waals surface area (Å²) in [7, 11) is 1.64. The van der Waals surface area contributed by atoms with Gasteiger partial charge in [0.15, 0.2) is 0 Å². The molecular weight excluding hydrogens is 218 g/mol. The molecule has 0 aliphatic carbocycles. The minimum absolute atomic E-state index is 0.109. The largest absolute Gasteiger partial charge is 0.497 e. The number of nitrogens with two attached hydrogens (primary N) is 1. The Bertz CT molecular complexity index is 300. The summed E-state index contributed by atoms with van der Waals surface area (Å²) >= 11 is 0. The zero-order valence-corrected chi connectivity index (χ0v) is 10.5. The standard InChI is InChI=1S/C13H21NO3/c1-3-16-8-9-17-10-13(14)11-4-6-12(15-2)7-5-11/h4-7,13H,3,8-10,14H2,1-2H3. The average molecular weight is 239 g/mol. The molecule has 1 unspecified atom stereocenters. The maximum Gasteiger partial charge on any atom is 0.118 e. The van der Waals surface area contributed by atoms with E-state index < -0.39 is 0 Å². The second kappa shape index (κ2) is 8.06. The van der Waals surface area contributed by atoms with E-state index in [1.54, 1.807) is 7.11 Å². The molecule has 2 N–H and O–H groups in total. The predicted octanol–water partition coefficient (Wildman–Crippen LogP) is 1.75. The van der Waals surface area contributed by atoms with Crippen molar-refractivity contribution in [1.29, 1.82) is 0 Å². The smallest absolute Gasteiger partial charge is 0.118 e. The van der Waals surface area contributed by atoms with Crippen LogP contribution in [-0.4, -0.2) is 33.5 Å².